The van der Waals surface area contributed by atoms with Crippen LogP contribution in [0.15, 0.2) is 29.2 Å². The molecule has 0 unspecified atom stereocenters. The summed E-state index contributed by atoms with van der Waals surface area (Å²) in [6, 6.07) is 5.45. The number of rotatable bonds is 5. The van der Waals surface area contributed by atoms with Gasteiger partial charge in [0.05, 0.1) is 23.0 Å². The number of aromatic amines is 1. The number of aryl methyl sites for hydroxylation is 1. The van der Waals surface area contributed by atoms with Crippen molar-refractivity contribution in [3.8, 4) is 0 Å². The molecule has 2 rings (SSSR count). The van der Waals surface area contributed by atoms with Crippen molar-refractivity contribution in [2.24, 2.45) is 0 Å². The molecule has 21 heavy (non-hydrogen) atoms. The summed E-state index contributed by atoms with van der Waals surface area (Å²) in [5.74, 6) is -0.526. The van der Waals surface area contributed by atoms with Gasteiger partial charge in [-0.05, 0) is 32.0 Å². The van der Waals surface area contributed by atoms with Crippen LogP contribution >= 0.6 is 11.6 Å². The first-order valence-corrected chi connectivity index (χ1v) is 8.27. The zero-order valence-electron chi connectivity index (χ0n) is 11.6. The van der Waals surface area contributed by atoms with E-state index in [1.165, 1.54) is 18.2 Å². The summed E-state index contributed by atoms with van der Waals surface area (Å²) in [6.07, 6.45) is 0. The second-order valence-electron chi connectivity index (χ2n) is 4.41. The minimum absolute atomic E-state index is 0.0282. The van der Waals surface area contributed by atoms with Gasteiger partial charge in [0.25, 0.3) is 10.0 Å². The third-order valence-electron chi connectivity index (χ3n) is 3.02. The van der Waals surface area contributed by atoms with Gasteiger partial charge in [-0.3, -0.25) is 9.40 Å². The van der Waals surface area contributed by atoms with Gasteiger partial charge >= 0.3 is 0 Å². The monoisotopic (exact) mass is 331 g/mol. The zero-order valence-corrected chi connectivity index (χ0v) is 13.2. The van der Waals surface area contributed by atoms with Crippen LogP contribution in [0.1, 0.15) is 18.3 Å². The highest BCUT2D eigenvalue weighted by Gasteiger charge is 2.30. The fraction of sp³-hybridized carbons (Fsp3) is 0.308. The predicted molar refractivity (Wildman–Crippen MR) is 79.5 cm³/mol. The van der Waals surface area contributed by atoms with Gasteiger partial charge in [0.2, 0.25) is 0 Å². The second-order valence-corrected chi connectivity index (χ2v) is 6.47. The van der Waals surface area contributed by atoms with Crippen LogP contribution in [0.4, 0.5) is 10.1 Å². The summed E-state index contributed by atoms with van der Waals surface area (Å²) >= 11 is 5.75. The molecule has 0 aliphatic heterocycles. The Labute approximate surface area is 127 Å². The molecule has 0 amide bonds. The molecule has 8 heteroatoms. The van der Waals surface area contributed by atoms with Gasteiger partial charge in [0.1, 0.15) is 10.7 Å². The molecule has 0 bridgehead atoms. The Morgan fingerprint density at radius 1 is 1.43 bits per heavy atom. The van der Waals surface area contributed by atoms with Crippen LogP contribution in [-0.2, 0) is 15.9 Å². The average Bonchev–Trinajstić information content (AvgIpc) is 2.81. The lowest BCUT2D eigenvalue weighted by molar-refractivity contribution is 0.590. The molecule has 0 saturated heterocycles. The summed E-state index contributed by atoms with van der Waals surface area (Å²) in [4.78, 5) is 0.0450. The number of alkyl halides is 1. The number of anilines is 1. The molecule has 0 fully saturated rings. The second kappa shape index (κ2) is 6.03. The molecule has 0 aliphatic carbocycles. The first kappa shape index (κ1) is 15.8. The van der Waals surface area contributed by atoms with Gasteiger partial charge in [-0.2, -0.15) is 5.10 Å². The van der Waals surface area contributed by atoms with E-state index >= 15 is 0 Å². The first-order valence-electron chi connectivity index (χ1n) is 6.30. The van der Waals surface area contributed by atoms with Crippen LogP contribution in [0, 0.1) is 12.7 Å². The molecule has 5 nitrogen and oxygen atoms in total. The third kappa shape index (κ3) is 2.89. The predicted octanol–water partition coefficient (Wildman–Crippen LogP) is 2.81. The molecular formula is C13H15ClFN3O2S. The number of halogens is 2. The van der Waals surface area contributed by atoms with Crippen molar-refractivity contribution in [2.45, 2.75) is 24.6 Å². The van der Waals surface area contributed by atoms with Gasteiger partial charge in [-0.25, -0.2) is 12.8 Å². The van der Waals surface area contributed by atoms with Crippen molar-refractivity contribution in [3.05, 3.63) is 41.5 Å². The fourth-order valence-electron chi connectivity index (χ4n) is 2.13. The van der Waals surface area contributed by atoms with Crippen molar-refractivity contribution in [1.82, 2.24) is 10.2 Å². The van der Waals surface area contributed by atoms with Gasteiger partial charge in [0.15, 0.2) is 0 Å². The number of benzene rings is 1. The van der Waals surface area contributed by atoms with E-state index in [-0.39, 0.29) is 28.7 Å². The molecule has 1 N–H and O–H groups in total. The highest BCUT2D eigenvalue weighted by atomic mass is 35.5. The maximum Gasteiger partial charge on any atom is 0.268 e. The molecule has 1 aromatic heterocycles. The Morgan fingerprint density at radius 2 is 2.14 bits per heavy atom. The summed E-state index contributed by atoms with van der Waals surface area (Å²) in [6.45, 7) is 3.45. The summed E-state index contributed by atoms with van der Waals surface area (Å²) in [7, 11) is -3.86. The van der Waals surface area contributed by atoms with Gasteiger partial charge in [-0.1, -0.05) is 6.07 Å². The van der Waals surface area contributed by atoms with E-state index in [1.807, 2.05) is 0 Å². The van der Waals surface area contributed by atoms with Crippen molar-refractivity contribution in [3.63, 3.8) is 0 Å². The molecule has 0 radical (unpaired) electrons. The molecule has 0 atom stereocenters. The number of aromatic nitrogens is 2. The van der Waals surface area contributed by atoms with Gasteiger partial charge in [0, 0.05) is 6.54 Å². The Balaban J connectivity index is 2.57. The van der Waals surface area contributed by atoms with E-state index < -0.39 is 15.8 Å². The number of nitrogens with zero attached hydrogens (tertiary/aromatic N) is 2. The molecule has 0 aliphatic rings. The largest absolute Gasteiger partial charge is 0.281 e. The Kier molecular flexibility index (Phi) is 4.53. The van der Waals surface area contributed by atoms with Crippen LogP contribution in [0.25, 0.3) is 0 Å². The summed E-state index contributed by atoms with van der Waals surface area (Å²) in [5, 5.41) is 6.51. The van der Waals surface area contributed by atoms with E-state index in [0.29, 0.717) is 5.69 Å². The highest BCUT2D eigenvalue weighted by Crippen LogP contribution is 2.28. The van der Waals surface area contributed by atoms with Crippen molar-refractivity contribution >= 4 is 27.3 Å². The van der Waals surface area contributed by atoms with Gasteiger partial charge < -0.3 is 0 Å². The Hall–Kier alpha value is -1.60. The average molecular weight is 332 g/mol. The van der Waals surface area contributed by atoms with Crippen LogP contribution in [0.3, 0.4) is 0 Å². The van der Waals surface area contributed by atoms with E-state index in [2.05, 4.69) is 10.2 Å². The zero-order chi connectivity index (χ0) is 15.6. The molecule has 0 spiro atoms. The minimum Gasteiger partial charge on any atom is -0.281 e. The van der Waals surface area contributed by atoms with Crippen LogP contribution in [0.2, 0.25) is 0 Å². The Morgan fingerprint density at radius 3 is 2.71 bits per heavy atom. The van der Waals surface area contributed by atoms with Crippen molar-refractivity contribution in [2.75, 3.05) is 10.8 Å². The quantitative estimate of drug-likeness (QED) is 0.857. The standard InChI is InChI=1S/C13H15ClFN3O2S/c1-3-18(11-6-4-5-10(15)7-11)21(19,20)13-9(2)16-17-12(13)8-14/h4-7H,3,8H2,1-2H3,(H,16,17). The normalized spacial score (nSPS) is 11.6. The highest BCUT2D eigenvalue weighted by molar-refractivity contribution is 7.93. The molecular weight excluding hydrogens is 317 g/mol. The molecule has 1 heterocycles. The SMILES string of the molecule is CCN(c1cccc(F)c1)S(=O)(=O)c1c(CCl)n[nH]c1C. The Bertz CT molecular complexity index is 746. The maximum atomic E-state index is 13.4. The molecule has 1 aromatic carbocycles. The summed E-state index contributed by atoms with van der Waals surface area (Å²) < 4.78 is 40.1. The van der Waals surface area contributed by atoms with Crippen LogP contribution in [0.5, 0.6) is 0 Å². The number of sulfonamides is 1. The number of nitrogens with one attached hydrogen (secondary N) is 1. The van der Waals surface area contributed by atoms with E-state index in [9.17, 15) is 12.8 Å². The van der Waals surface area contributed by atoms with Gasteiger partial charge in [-0.15, -0.1) is 11.6 Å². The minimum atomic E-state index is -3.86. The maximum absolute atomic E-state index is 13.4. The first-order chi connectivity index (χ1) is 9.91. The lowest BCUT2D eigenvalue weighted by Gasteiger charge is -2.23. The molecule has 0 saturated carbocycles. The van der Waals surface area contributed by atoms with E-state index in [0.717, 1.165) is 4.31 Å². The lowest BCUT2D eigenvalue weighted by atomic mass is 10.3. The van der Waals surface area contributed by atoms with E-state index in [1.54, 1.807) is 19.9 Å². The summed E-state index contributed by atoms with van der Waals surface area (Å²) in [5.41, 5.74) is 0.920. The topological polar surface area (TPSA) is 66.1 Å². The van der Waals surface area contributed by atoms with Crippen molar-refractivity contribution < 1.29 is 12.8 Å². The third-order valence-corrected chi connectivity index (χ3v) is 5.38. The van der Waals surface area contributed by atoms with Crippen LogP contribution in [-0.4, -0.2) is 25.2 Å². The van der Waals surface area contributed by atoms with Crippen LogP contribution < -0.4 is 4.31 Å². The number of H-pyrrole nitrogens is 1. The van der Waals surface area contributed by atoms with Crippen molar-refractivity contribution in [1.29, 1.82) is 0 Å². The lowest BCUT2D eigenvalue weighted by Crippen LogP contribution is -2.31. The fourth-order valence-corrected chi connectivity index (χ4v) is 4.21. The smallest absolute Gasteiger partial charge is 0.268 e. The molecule has 114 valence electrons. The molecule has 2 aromatic rings. The van der Waals surface area contributed by atoms with E-state index in [4.69, 9.17) is 11.6 Å². The number of hydrogen-bond donors (Lipinski definition) is 1. The number of hydrogen-bond acceptors (Lipinski definition) is 3.